The molecule has 0 aliphatic carbocycles. The third-order valence-corrected chi connectivity index (χ3v) is 2.31. The first-order valence-electron chi connectivity index (χ1n) is 5.92. The van der Waals surface area contributed by atoms with Gasteiger partial charge < -0.3 is 10.1 Å². The lowest BCUT2D eigenvalue weighted by molar-refractivity contribution is 0.303. The normalized spacial score (nSPS) is 10.4. The van der Waals surface area contributed by atoms with E-state index in [4.69, 9.17) is 4.74 Å². The Balaban J connectivity index is 2.03. The van der Waals surface area contributed by atoms with Gasteiger partial charge in [-0.2, -0.15) is 0 Å². The van der Waals surface area contributed by atoms with Crippen molar-refractivity contribution in [3.8, 4) is 5.75 Å². The van der Waals surface area contributed by atoms with Crippen molar-refractivity contribution in [2.45, 2.75) is 26.2 Å². The minimum Gasteiger partial charge on any atom is -0.493 e. The lowest BCUT2D eigenvalue weighted by Crippen LogP contribution is -2.14. The molecule has 3 heteroatoms. The zero-order valence-corrected chi connectivity index (χ0v) is 9.84. The Hall–Kier alpha value is -1.09. The van der Waals surface area contributed by atoms with Crippen LogP contribution in [0.5, 0.6) is 5.75 Å². The largest absolute Gasteiger partial charge is 0.493 e. The Kier molecular flexibility index (Phi) is 6.58. The summed E-state index contributed by atoms with van der Waals surface area (Å²) in [5, 5.41) is 3.27. The van der Waals surface area contributed by atoms with Crippen molar-refractivity contribution in [1.29, 1.82) is 0 Å². The molecule has 0 fully saturated rings. The summed E-state index contributed by atoms with van der Waals surface area (Å²) < 4.78 is 18.2. The van der Waals surface area contributed by atoms with Gasteiger partial charge in [-0.25, -0.2) is 4.39 Å². The highest BCUT2D eigenvalue weighted by Gasteiger charge is 1.95. The summed E-state index contributed by atoms with van der Waals surface area (Å²) in [5.74, 6) is 0.372. The van der Waals surface area contributed by atoms with Crippen LogP contribution < -0.4 is 10.1 Å². The summed E-state index contributed by atoms with van der Waals surface area (Å²) in [7, 11) is 0. The van der Waals surface area contributed by atoms with E-state index in [0.29, 0.717) is 12.4 Å². The quantitative estimate of drug-likeness (QED) is 0.687. The molecular weight excluding hydrogens is 205 g/mol. The zero-order valence-electron chi connectivity index (χ0n) is 9.84. The van der Waals surface area contributed by atoms with E-state index in [1.54, 1.807) is 12.1 Å². The molecular formula is C13H20FNO. The van der Waals surface area contributed by atoms with Crippen LogP contribution in [-0.4, -0.2) is 19.7 Å². The SMILES string of the molecule is CCNCCCCCOc1cccc(F)c1. The minimum absolute atomic E-state index is 0.246. The van der Waals surface area contributed by atoms with Crippen molar-refractivity contribution in [1.82, 2.24) is 5.32 Å². The van der Waals surface area contributed by atoms with Gasteiger partial charge in [-0.3, -0.25) is 0 Å². The third-order valence-electron chi connectivity index (χ3n) is 2.31. The predicted molar refractivity (Wildman–Crippen MR) is 64.3 cm³/mol. The van der Waals surface area contributed by atoms with Crippen LogP contribution in [0, 0.1) is 5.82 Å². The van der Waals surface area contributed by atoms with Gasteiger partial charge in [0.15, 0.2) is 0 Å². The second-order valence-corrected chi connectivity index (χ2v) is 3.72. The molecule has 0 amide bonds. The van der Waals surface area contributed by atoms with Crippen molar-refractivity contribution in [2.75, 3.05) is 19.7 Å². The monoisotopic (exact) mass is 225 g/mol. The summed E-state index contributed by atoms with van der Waals surface area (Å²) in [6.07, 6.45) is 3.32. The molecule has 1 N–H and O–H groups in total. The number of benzene rings is 1. The minimum atomic E-state index is -0.246. The molecule has 0 saturated carbocycles. The van der Waals surface area contributed by atoms with Gasteiger partial charge in [-0.15, -0.1) is 0 Å². The Bertz CT molecular complexity index is 291. The highest BCUT2D eigenvalue weighted by molar-refractivity contribution is 5.22. The number of hydrogen-bond acceptors (Lipinski definition) is 2. The highest BCUT2D eigenvalue weighted by Crippen LogP contribution is 2.12. The number of unbranched alkanes of at least 4 members (excludes halogenated alkanes) is 2. The Morgan fingerprint density at radius 2 is 2.12 bits per heavy atom. The maximum atomic E-state index is 12.8. The number of halogens is 1. The van der Waals surface area contributed by atoms with Crippen LogP contribution in [0.25, 0.3) is 0 Å². The van der Waals surface area contributed by atoms with Gasteiger partial charge in [-0.05, 0) is 44.5 Å². The molecule has 0 unspecified atom stereocenters. The number of rotatable bonds is 8. The Morgan fingerprint density at radius 3 is 2.88 bits per heavy atom. The van der Waals surface area contributed by atoms with Crippen molar-refractivity contribution < 1.29 is 9.13 Å². The predicted octanol–water partition coefficient (Wildman–Crippen LogP) is 2.98. The molecule has 0 radical (unpaired) electrons. The maximum absolute atomic E-state index is 12.8. The summed E-state index contributed by atoms with van der Waals surface area (Å²) in [6.45, 7) is 4.86. The fraction of sp³-hybridized carbons (Fsp3) is 0.538. The highest BCUT2D eigenvalue weighted by atomic mass is 19.1. The molecule has 16 heavy (non-hydrogen) atoms. The van der Waals surface area contributed by atoms with Gasteiger partial charge in [0.1, 0.15) is 11.6 Å². The molecule has 0 aliphatic rings. The standard InChI is InChI=1S/C13H20FNO/c1-2-15-9-4-3-5-10-16-13-8-6-7-12(14)11-13/h6-8,11,15H,2-5,9-10H2,1H3. The van der Waals surface area contributed by atoms with Crippen LogP contribution in [0.2, 0.25) is 0 Å². The van der Waals surface area contributed by atoms with Gasteiger partial charge in [-0.1, -0.05) is 13.0 Å². The first kappa shape index (κ1) is 13.0. The molecule has 0 aromatic heterocycles. The van der Waals surface area contributed by atoms with Gasteiger partial charge in [0, 0.05) is 6.07 Å². The lowest BCUT2D eigenvalue weighted by atomic mass is 10.2. The molecule has 0 saturated heterocycles. The molecule has 0 aliphatic heterocycles. The number of hydrogen-bond donors (Lipinski definition) is 1. The third kappa shape index (κ3) is 5.71. The summed E-state index contributed by atoms with van der Waals surface area (Å²) in [5.41, 5.74) is 0. The molecule has 0 spiro atoms. The topological polar surface area (TPSA) is 21.3 Å². The van der Waals surface area contributed by atoms with Crippen LogP contribution in [0.1, 0.15) is 26.2 Å². The van der Waals surface area contributed by atoms with E-state index in [1.807, 2.05) is 0 Å². The van der Waals surface area contributed by atoms with Crippen LogP contribution in [0.15, 0.2) is 24.3 Å². The summed E-state index contributed by atoms with van der Waals surface area (Å²) >= 11 is 0. The van der Waals surface area contributed by atoms with Gasteiger partial charge in [0.05, 0.1) is 6.61 Å². The number of nitrogens with one attached hydrogen (secondary N) is 1. The first-order chi connectivity index (χ1) is 7.83. The van der Waals surface area contributed by atoms with Crippen LogP contribution in [0.4, 0.5) is 4.39 Å². The second kappa shape index (κ2) is 8.11. The van der Waals surface area contributed by atoms with Crippen LogP contribution >= 0.6 is 0 Å². The van der Waals surface area contributed by atoms with Gasteiger partial charge >= 0.3 is 0 Å². The zero-order chi connectivity index (χ0) is 11.6. The van der Waals surface area contributed by atoms with E-state index in [1.165, 1.54) is 18.6 Å². The van der Waals surface area contributed by atoms with E-state index >= 15 is 0 Å². The number of ether oxygens (including phenoxy) is 1. The Labute approximate surface area is 96.8 Å². The summed E-state index contributed by atoms with van der Waals surface area (Å²) in [6, 6.07) is 6.28. The van der Waals surface area contributed by atoms with E-state index in [0.717, 1.165) is 25.9 Å². The Morgan fingerprint density at radius 1 is 1.25 bits per heavy atom. The van der Waals surface area contributed by atoms with E-state index in [2.05, 4.69) is 12.2 Å². The maximum Gasteiger partial charge on any atom is 0.126 e. The van der Waals surface area contributed by atoms with Crippen LogP contribution in [-0.2, 0) is 0 Å². The molecule has 0 atom stereocenters. The van der Waals surface area contributed by atoms with Crippen molar-refractivity contribution >= 4 is 0 Å². The molecule has 0 bridgehead atoms. The van der Waals surface area contributed by atoms with E-state index in [-0.39, 0.29) is 5.82 Å². The fourth-order valence-corrected chi connectivity index (χ4v) is 1.45. The van der Waals surface area contributed by atoms with Gasteiger partial charge in [0.2, 0.25) is 0 Å². The molecule has 90 valence electrons. The van der Waals surface area contributed by atoms with E-state index < -0.39 is 0 Å². The fourth-order valence-electron chi connectivity index (χ4n) is 1.45. The average Bonchev–Trinajstić information content (AvgIpc) is 2.28. The van der Waals surface area contributed by atoms with Crippen LogP contribution in [0.3, 0.4) is 0 Å². The summed E-state index contributed by atoms with van der Waals surface area (Å²) in [4.78, 5) is 0. The smallest absolute Gasteiger partial charge is 0.126 e. The van der Waals surface area contributed by atoms with Gasteiger partial charge in [0.25, 0.3) is 0 Å². The second-order valence-electron chi connectivity index (χ2n) is 3.72. The van der Waals surface area contributed by atoms with E-state index in [9.17, 15) is 4.39 Å². The molecule has 1 aromatic rings. The molecule has 0 heterocycles. The van der Waals surface area contributed by atoms with Crippen molar-refractivity contribution in [3.05, 3.63) is 30.1 Å². The average molecular weight is 225 g/mol. The first-order valence-corrected chi connectivity index (χ1v) is 5.92. The van der Waals surface area contributed by atoms with Crippen molar-refractivity contribution in [2.24, 2.45) is 0 Å². The molecule has 2 nitrogen and oxygen atoms in total. The van der Waals surface area contributed by atoms with Crippen molar-refractivity contribution in [3.63, 3.8) is 0 Å². The molecule has 1 rings (SSSR count). The molecule has 1 aromatic carbocycles. The lowest BCUT2D eigenvalue weighted by Gasteiger charge is -2.06.